The number of halogens is 2. The Bertz CT molecular complexity index is 304. The number of benzene rings is 1. The van der Waals surface area contributed by atoms with Crippen LogP contribution in [0.1, 0.15) is 24.5 Å². The Morgan fingerprint density at radius 1 is 1.43 bits per heavy atom. The van der Waals surface area contributed by atoms with Gasteiger partial charge in [-0.15, -0.1) is 0 Å². The normalized spacial score (nSPS) is 12.9. The molecule has 0 amide bonds. The monoisotopic (exact) mass is 262 g/mol. The van der Waals surface area contributed by atoms with E-state index in [1.54, 1.807) is 12.1 Å². The Kier molecular flexibility index (Phi) is 4.51. The third-order valence-corrected chi connectivity index (χ3v) is 2.45. The first-order valence-corrected chi connectivity index (χ1v) is 5.18. The lowest BCUT2D eigenvalue weighted by atomic mass is 10.0. The van der Waals surface area contributed by atoms with E-state index in [1.165, 1.54) is 6.07 Å². The first-order valence-electron chi connectivity index (χ1n) is 4.39. The molecule has 1 atom stereocenters. The summed E-state index contributed by atoms with van der Waals surface area (Å²) in [7, 11) is 0. The fourth-order valence-electron chi connectivity index (χ4n) is 1.21. The highest BCUT2D eigenvalue weighted by atomic mass is 79.9. The van der Waals surface area contributed by atoms with Crippen molar-refractivity contribution in [3.05, 3.63) is 34.1 Å². The predicted octanol–water partition coefficient (Wildman–Crippen LogP) is 2.39. The first-order chi connectivity index (χ1) is 6.65. The Labute approximate surface area is 90.5 Å². The SMILES string of the molecule is OCCCC(O)c1cc(Br)ccc1F. The molecule has 0 radical (unpaired) electrons. The fourth-order valence-corrected chi connectivity index (χ4v) is 1.59. The lowest BCUT2D eigenvalue weighted by Crippen LogP contribution is -2.01. The maximum atomic E-state index is 13.2. The molecule has 0 saturated carbocycles. The van der Waals surface area contributed by atoms with Crippen molar-refractivity contribution in [3.63, 3.8) is 0 Å². The van der Waals surface area contributed by atoms with E-state index in [-0.39, 0.29) is 12.2 Å². The van der Waals surface area contributed by atoms with Crippen LogP contribution in [0.25, 0.3) is 0 Å². The Balaban J connectivity index is 2.77. The van der Waals surface area contributed by atoms with Crippen molar-refractivity contribution >= 4 is 15.9 Å². The number of aliphatic hydroxyl groups is 2. The number of hydrogen-bond acceptors (Lipinski definition) is 2. The molecular weight excluding hydrogens is 251 g/mol. The number of aliphatic hydroxyl groups excluding tert-OH is 2. The molecule has 4 heteroatoms. The molecule has 0 aliphatic rings. The zero-order valence-corrected chi connectivity index (χ0v) is 9.17. The van der Waals surface area contributed by atoms with Gasteiger partial charge in [0.2, 0.25) is 0 Å². The Hall–Kier alpha value is -0.450. The van der Waals surface area contributed by atoms with Gasteiger partial charge in [0.15, 0.2) is 0 Å². The van der Waals surface area contributed by atoms with Crippen LogP contribution in [0, 0.1) is 5.82 Å². The van der Waals surface area contributed by atoms with Gasteiger partial charge in [0.25, 0.3) is 0 Å². The van der Waals surface area contributed by atoms with Gasteiger partial charge in [-0.2, -0.15) is 0 Å². The molecule has 0 heterocycles. The largest absolute Gasteiger partial charge is 0.396 e. The molecule has 0 fully saturated rings. The first kappa shape index (κ1) is 11.6. The highest BCUT2D eigenvalue weighted by Gasteiger charge is 2.12. The van der Waals surface area contributed by atoms with Gasteiger partial charge in [-0.1, -0.05) is 15.9 Å². The molecule has 0 aliphatic heterocycles. The average molecular weight is 263 g/mol. The van der Waals surface area contributed by atoms with E-state index in [1.807, 2.05) is 0 Å². The molecule has 0 aliphatic carbocycles. The maximum absolute atomic E-state index is 13.2. The van der Waals surface area contributed by atoms with Gasteiger partial charge in [-0.3, -0.25) is 0 Å². The van der Waals surface area contributed by atoms with Crippen LogP contribution in [0.2, 0.25) is 0 Å². The summed E-state index contributed by atoms with van der Waals surface area (Å²) in [4.78, 5) is 0. The zero-order chi connectivity index (χ0) is 10.6. The minimum Gasteiger partial charge on any atom is -0.396 e. The molecular formula is C10H12BrFO2. The van der Waals surface area contributed by atoms with Crippen LogP contribution < -0.4 is 0 Å². The quantitative estimate of drug-likeness (QED) is 0.875. The van der Waals surface area contributed by atoms with Crippen molar-refractivity contribution in [3.8, 4) is 0 Å². The zero-order valence-electron chi connectivity index (χ0n) is 7.58. The Morgan fingerprint density at radius 3 is 2.79 bits per heavy atom. The van der Waals surface area contributed by atoms with Gasteiger partial charge in [0.05, 0.1) is 6.10 Å². The van der Waals surface area contributed by atoms with E-state index < -0.39 is 11.9 Å². The van der Waals surface area contributed by atoms with Crippen LogP contribution in [0.4, 0.5) is 4.39 Å². The predicted molar refractivity (Wildman–Crippen MR) is 55.4 cm³/mol. The van der Waals surface area contributed by atoms with Gasteiger partial charge in [0, 0.05) is 16.6 Å². The number of rotatable bonds is 4. The van der Waals surface area contributed by atoms with Crippen molar-refractivity contribution in [2.45, 2.75) is 18.9 Å². The Morgan fingerprint density at radius 2 is 2.14 bits per heavy atom. The molecule has 14 heavy (non-hydrogen) atoms. The lowest BCUT2D eigenvalue weighted by molar-refractivity contribution is 0.148. The maximum Gasteiger partial charge on any atom is 0.129 e. The van der Waals surface area contributed by atoms with Crippen LogP contribution in [-0.4, -0.2) is 16.8 Å². The second-order valence-corrected chi connectivity index (χ2v) is 3.96. The second kappa shape index (κ2) is 5.44. The summed E-state index contributed by atoms with van der Waals surface area (Å²) in [6, 6.07) is 4.44. The third-order valence-electron chi connectivity index (χ3n) is 1.95. The average Bonchev–Trinajstić information content (AvgIpc) is 2.18. The van der Waals surface area contributed by atoms with Crippen molar-refractivity contribution in [2.75, 3.05) is 6.61 Å². The number of hydrogen-bond donors (Lipinski definition) is 2. The van der Waals surface area contributed by atoms with Crippen molar-refractivity contribution in [1.82, 2.24) is 0 Å². The smallest absolute Gasteiger partial charge is 0.129 e. The summed E-state index contributed by atoms with van der Waals surface area (Å²) in [6.07, 6.45) is -0.0172. The third kappa shape index (κ3) is 3.04. The van der Waals surface area contributed by atoms with Crippen LogP contribution >= 0.6 is 15.9 Å². The van der Waals surface area contributed by atoms with Gasteiger partial charge in [-0.25, -0.2) is 4.39 Å². The van der Waals surface area contributed by atoms with Crippen LogP contribution in [0.15, 0.2) is 22.7 Å². The van der Waals surface area contributed by atoms with Gasteiger partial charge in [0.1, 0.15) is 5.82 Å². The van der Waals surface area contributed by atoms with Gasteiger partial charge in [-0.05, 0) is 31.0 Å². The topological polar surface area (TPSA) is 40.5 Å². The second-order valence-electron chi connectivity index (χ2n) is 3.05. The van der Waals surface area contributed by atoms with Gasteiger partial charge < -0.3 is 10.2 Å². The molecule has 1 rings (SSSR count). The minimum atomic E-state index is -0.848. The van der Waals surface area contributed by atoms with Crippen LogP contribution in [-0.2, 0) is 0 Å². The molecule has 0 bridgehead atoms. The molecule has 78 valence electrons. The minimum absolute atomic E-state index is 0.00663. The van der Waals surface area contributed by atoms with E-state index in [0.717, 1.165) is 4.47 Å². The van der Waals surface area contributed by atoms with Gasteiger partial charge >= 0.3 is 0 Å². The summed E-state index contributed by atoms with van der Waals surface area (Å²) in [5.74, 6) is -0.418. The fraction of sp³-hybridized carbons (Fsp3) is 0.400. The molecule has 0 aromatic heterocycles. The molecule has 2 nitrogen and oxygen atoms in total. The van der Waals surface area contributed by atoms with Crippen LogP contribution in [0.5, 0.6) is 0 Å². The highest BCUT2D eigenvalue weighted by molar-refractivity contribution is 9.10. The highest BCUT2D eigenvalue weighted by Crippen LogP contribution is 2.24. The molecule has 0 spiro atoms. The van der Waals surface area contributed by atoms with E-state index >= 15 is 0 Å². The molecule has 2 N–H and O–H groups in total. The van der Waals surface area contributed by atoms with E-state index in [9.17, 15) is 9.50 Å². The van der Waals surface area contributed by atoms with Crippen LogP contribution in [0.3, 0.4) is 0 Å². The molecule has 1 aromatic carbocycles. The van der Waals surface area contributed by atoms with Crippen molar-refractivity contribution < 1.29 is 14.6 Å². The van der Waals surface area contributed by atoms with E-state index in [0.29, 0.717) is 12.8 Å². The summed E-state index contributed by atoms with van der Waals surface area (Å²) in [6.45, 7) is 0.00663. The molecule has 0 saturated heterocycles. The van der Waals surface area contributed by atoms with Crippen molar-refractivity contribution in [2.24, 2.45) is 0 Å². The van der Waals surface area contributed by atoms with E-state index in [2.05, 4.69) is 15.9 Å². The summed E-state index contributed by atoms with van der Waals surface area (Å²) >= 11 is 3.21. The summed E-state index contributed by atoms with van der Waals surface area (Å²) in [5.41, 5.74) is 0.271. The molecule has 1 unspecified atom stereocenters. The summed E-state index contributed by atoms with van der Waals surface area (Å²) < 4.78 is 13.9. The lowest BCUT2D eigenvalue weighted by Gasteiger charge is -2.11. The standard InChI is InChI=1S/C10H12BrFO2/c11-7-3-4-9(12)8(6-7)10(14)2-1-5-13/h3-4,6,10,13-14H,1-2,5H2. The van der Waals surface area contributed by atoms with Crippen molar-refractivity contribution in [1.29, 1.82) is 0 Å². The molecule has 1 aromatic rings. The summed E-state index contributed by atoms with van der Waals surface area (Å²) in [5, 5.41) is 18.2. The van der Waals surface area contributed by atoms with E-state index in [4.69, 9.17) is 5.11 Å².